The molecule has 4 heteroatoms. The number of hydrogen-bond acceptors (Lipinski definition) is 3. The number of fused-ring (bicyclic) bond motifs is 2. The van der Waals surface area contributed by atoms with Crippen molar-refractivity contribution in [2.24, 2.45) is 0 Å². The van der Waals surface area contributed by atoms with Gasteiger partial charge >= 0.3 is 0 Å². The van der Waals surface area contributed by atoms with Crippen molar-refractivity contribution in [3.8, 4) is 0 Å². The number of ether oxygens (including phenoxy) is 1. The van der Waals surface area contributed by atoms with Crippen molar-refractivity contribution in [3.05, 3.63) is 58.5 Å². The Hall–Kier alpha value is -2.33. The van der Waals surface area contributed by atoms with Crippen molar-refractivity contribution in [1.29, 1.82) is 0 Å². The Morgan fingerprint density at radius 2 is 1.96 bits per heavy atom. The maximum atomic E-state index is 13.0. The lowest BCUT2D eigenvalue weighted by atomic mass is 9.92. The first-order chi connectivity index (χ1) is 11.3. The van der Waals surface area contributed by atoms with Gasteiger partial charge in [-0.25, -0.2) is 0 Å². The highest BCUT2D eigenvalue weighted by Crippen LogP contribution is 2.26. The fraction of sp³-hybridized carbons (Fsp3) is 0.316. The maximum Gasteiger partial charge on any atom is 0.289 e. The second-order valence-electron chi connectivity index (χ2n) is 6.10. The molecule has 4 nitrogen and oxygen atoms in total. The predicted molar refractivity (Wildman–Crippen MR) is 89.7 cm³/mol. The Bertz CT molecular complexity index is 829. The van der Waals surface area contributed by atoms with Gasteiger partial charge in [-0.05, 0) is 23.8 Å². The van der Waals surface area contributed by atoms with E-state index in [9.17, 15) is 4.79 Å². The molecule has 1 aromatic carbocycles. The van der Waals surface area contributed by atoms with E-state index in [0.29, 0.717) is 5.76 Å². The smallest absolute Gasteiger partial charge is 0.289 e. The molecule has 0 spiro atoms. The average Bonchev–Trinajstić information content (AvgIpc) is 2.61. The summed E-state index contributed by atoms with van der Waals surface area (Å²) in [6.45, 7) is 5.22. The Kier molecular flexibility index (Phi) is 3.54. The first kappa shape index (κ1) is 14.3. The molecule has 4 rings (SSSR count). The van der Waals surface area contributed by atoms with E-state index < -0.39 is 0 Å². The zero-order valence-corrected chi connectivity index (χ0v) is 13.2. The Balaban J connectivity index is 1.89. The van der Waals surface area contributed by atoms with Gasteiger partial charge in [0.1, 0.15) is 6.10 Å². The molecular weight excluding hydrogens is 288 g/mol. The highest BCUT2D eigenvalue weighted by molar-refractivity contribution is 6.11. The van der Waals surface area contributed by atoms with E-state index in [-0.39, 0.29) is 12.0 Å². The van der Waals surface area contributed by atoms with Gasteiger partial charge in [0, 0.05) is 37.0 Å². The second kappa shape index (κ2) is 5.70. The van der Waals surface area contributed by atoms with E-state index in [2.05, 4.69) is 24.4 Å². The van der Waals surface area contributed by atoms with Crippen LogP contribution in [0.3, 0.4) is 0 Å². The van der Waals surface area contributed by atoms with Gasteiger partial charge in [-0.3, -0.25) is 4.79 Å². The van der Waals surface area contributed by atoms with Crippen molar-refractivity contribution in [2.45, 2.75) is 13.0 Å². The van der Waals surface area contributed by atoms with Crippen molar-refractivity contribution in [3.63, 3.8) is 0 Å². The minimum absolute atomic E-state index is 0.00129. The zero-order valence-electron chi connectivity index (χ0n) is 13.2. The molecule has 0 saturated carbocycles. The molecule has 0 radical (unpaired) electrons. The van der Waals surface area contributed by atoms with E-state index in [0.717, 1.165) is 36.6 Å². The summed E-state index contributed by atoms with van der Waals surface area (Å²) in [5.41, 5.74) is 2.36. The van der Waals surface area contributed by atoms with Crippen LogP contribution in [0.5, 0.6) is 0 Å². The van der Waals surface area contributed by atoms with Crippen LogP contribution < -0.4 is 15.8 Å². The lowest BCUT2D eigenvalue weighted by Crippen LogP contribution is -2.50. The summed E-state index contributed by atoms with van der Waals surface area (Å²) in [5, 5.41) is 5.30. The van der Waals surface area contributed by atoms with Crippen LogP contribution >= 0.6 is 0 Å². The summed E-state index contributed by atoms with van der Waals surface area (Å²) < 4.78 is 6.14. The molecule has 1 fully saturated rings. The first-order valence-corrected chi connectivity index (χ1v) is 8.11. The molecule has 1 amide bonds. The number of rotatable bonds is 1. The van der Waals surface area contributed by atoms with Crippen molar-refractivity contribution in [1.82, 2.24) is 10.2 Å². The molecule has 0 aromatic heterocycles. The first-order valence-electron chi connectivity index (χ1n) is 8.11. The number of benzene rings is 1. The summed E-state index contributed by atoms with van der Waals surface area (Å²) in [7, 11) is 0. The summed E-state index contributed by atoms with van der Waals surface area (Å²) >= 11 is 0. The molecule has 1 unspecified atom stereocenters. The number of piperazine rings is 1. The highest BCUT2D eigenvalue weighted by Gasteiger charge is 2.30. The van der Waals surface area contributed by atoms with Crippen molar-refractivity contribution in [2.75, 3.05) is 26.2 Å². The van der Waals surface area contributed by atoms with Crippen LogP contribution in [0, 0.1) is 0 Å². The minimum atomic E-state index is -0.170. The monoisotopic (exact) mass is 308 g/mol. The largest absolute Gasteiger partial charge is 0.475 e. The number of amides is 1. The quantitative estimate of drug-likeness (QED) is 0.811. The second-order valence-corrected chi connectivity index (χ2v) is 6.10. The van der Waals surface area contributed by atoms with Gasteiger partial charge in [0.25, 0.3) is 5.91 Å². The number of nitrogens with zero attached hydrogens (tertiary/aromatic N) is 1. The van der Waals surface area contributed by atoms with Crippen LogP contribution in [-0.4, -0.2) is 43.1 Å². The van der Waals surface area contributed by atoms with E-state index >= 15 is 0 Å². The Morgan fingerprint density at radius 3 is 2.74 bits per heavy atom. The van der Waals surface area contributed by atoms with Crippen LogP contribution in [0.25, 0.3) is 11.3 Å². The summed E-state index contributed by atoms with van der Waals surface area (Å²) in [4.78, 5) is 14.8. The SMILES string of the molecule is CC1=CC=CC2OC(C(=O)N3CCNCC3)=c3ccccc3=C12. The number of hydrogen-bond donors (Lipinski definition) is 1. The topological polar surface area (TPSA) is 41.6 Å². The van der Waals surface area contributed by atoms with E-state index in [1.54, 1.807) is 0 Å². The van der Waals surface area contributed by atoms with E-state index in [1.807, 2.05) is 35.3 Å². The lowest BCUT2D eigenvalue weighted by molar-refractivity contribution is -0.128. The Labute approximate surface area is 135 Å². The molecule has 23 heavy (non-hydrogen) atoms. The number of nitrogens with one attached hydrogen (secondary N) is 1. The van der Waals surface area contributed by atoms with Crippen molar-refractivity contribution >= 4 is 17.2 Å². The fourth-order valence-corrected chi connectivity index (χ4v) is 3.46. The van der Waals surface area contributed by atoms with Crippen LogP contribution in [0.4, 0.5) is 0 Å². The normalized spacial score (nSPS) is 22.9. The molecule has 1 N–H and O–H groups in total. The maximum absolute atomic E-state index is 13.0. The van der Waals surface area contributed by atoms with E-state index in [1.165, 1.54) is 11.1 Å². The number of allylic oxidation sites excluding steroid dienone is 2. The molecule has 1 atom stereocenters. The zero-order chi connectivity index (χ0) is 15.8. The van der Waals surface area contributed by atoms with Crippen LogP contribution in [-0.2, 0) is 9.53 Å². The standard InChI is InChI=1S/C19H20N2O2/c1-13-5-4-8-16-17(13)14-6-2-3-7-15(14)18(23-16)19(22)21-11-9-20-10-12-21/h2-8,16,20H,9-12H2,1H3. The van der Waals surface area contributed by atoms with Gasteiger partial charge in [0.05, 0.1) is 0 Å². The summed E-state index contributed by atoms with van der Waals surface area (Å²) in [6, 6.07) is 8.06. The Morgan fingerprint density at radius 1 is 1.22 bits per heavy atom. The molecule has 1 aromatic rings. The van der Waals surface area contributed by atoms with Crippen LogP contribution in [0.2, 0.25) is 0 Å². The van der Waals surface area contributed by atoms with Gasteiger partial charge < -0.3 is 15.0 Å². The molecule has 118 valence electrons. The highest BCUT2D eigenvalue weighted by atomic mass is 16.5. The molecule has 3 aliphatic rings. The van der Waals surface area contributed by atoms with Gasteiger partial charge in [0.15, 0.2) is 5.76 Å². The molecule has 2 aliphatic heterocycles. The predicted octanol–water partition coefficient (Wildman–Crippen LogP) is 0.292. The fourth-order valence-electron chi connectivity index (χ4n) is 3.46. The minimum Gasteiger partial charge on any atom is -0.475 e. The third kappa shape index (κ3) is 2.39. The lowest BCUT2D eigenvalue weighted by Gasteiger charge is -2.32. The van der Waals surface area contributed by atoms with Gasteiger partial charge in [0.2, 0.25) is 0 Å². The summed E-state index contributed by atoms with van der Waals surface area (Å²) in [6.07, 6.45) is 5.94. The third-order valence-electron chi connectivity index (χ3n) is 4.65. The van der Waals surface area contributed by atoms with Crippen LogP contribution in [0.15, 0.2) is 48.1 Å². The number of carbonyl (C=O) groups is 1. The molecule has 2 heterocycles. The van der Waals surface area contributed by atoms with Gasteiger partial charge in [-0.1, -0.05) is 36.4 Å². The van der Waals surface area contributed by atoms with Crippen LogP contribution in [0.1, 0.15) is 6.92 Å². The number of carbonyl (C=O) groups excluding carboxylic acids is 1. The molecule has 1 saturated heterocycles. The third-order valence-corrected chi connectivity index (χ3v) is 4.65. The molecular formula is C19H20N2O2. The molecule has 1 aliphatic carbocycles. The molecule has 0 bridgehead atoms. The average molecular weight is 308 g/mol. The van der Waals surface area contributed by atoms with E-state index in [4.69, 9.17) is 4.74 Å². The summed E-state index contributed by atoms with van der Waals surface area (Å²) in [5.74, 6) is 0.481. The van der Waals surface area contributed by atoms with Gasteiger partial charge in [-0.2, -0.15) is 0 Å². The van der Waals surface area contributed by atoms with Crippen molar-refractivity contribution < 1.29 is 9.53 Å². The van der Waals surface area contributed by atoms with Gasteiger partial charge in [-0.15, -0.1) is 0 Å².